The van der Waals surface area contributed by atoms with Crippen molar-refractivity contribution in [3.63, 3.8) is 0 Å². The normalized spacial score (nSPS) is 14.1. The van der Waals surface area contributed by atoms with Crippen LogP contribution in [0.5, 0.6) is 11.5 Å². The van der Waals surface area contributed by atoms with Crippen LogP contribution in [0.15, 0.2) is 53.1 Å². The molecule has 1 atom stereocenters. The highest BCUT2D eigenvalue weighted by Gasteiger charge is 2.22. The van der Waals surface area contributed by atoms with Crippen LogP contribution >= 0.6 is 0 Å². The summed E-state index contributed by atoms with van der Waals surface area (Å²) in [5.74, 6) is 1.61. The van der Waals surface area contributed by atoms with Gasteiger partial charge in [-0.1, -0.05) is 64.0 Å². The molecule has 1 aromatic heterocycles. The average Bonchev–Trinajstić information content (AvgIpc) is 3.36. The summed E-state index contributed by atoms with van der Waals surface area (Å²) in [5, 5.41) is 7.06. The molecule has 1 unspecified atom stereocenters. The first-order valence-corrected chi connectivity index (χ1v) is 12.3. The van der Waals surface area contributed by atoms with Crippen molar-refractivity contribution in [3.05, 3.63) is 65.4 Å². The number of amides is 1. The van der Waals surface area contributed by atoms with Crippen LogP contribution in [-0.2, 0) is 5.41 Å². The number of nitrogens with zero attached hydrogens (tertiary/aromatic N) is 2. The minimum Gasteiger partial charge on any atom is -0.486 e. The van der Waals surface area contributed by atoms with Crippen molar-refractivity contribution in [1.82, 2.24) is 15.4 Å². The molecule has 35 heavy (non-hydrogen) atoms. The molecule has 0 aliphatic carbocycles. The monoisotopic (exact) mass is 477 g/mol. The van der Waals surface area contributed by atoms with E-state index >= 15 is 0 Å². The zero-order valence-corrected chi connectivity index (χ0v) is 21.3. The summed E-state index contributed by atoms with van der Waals surface area (Å²) >= 11 is 0. The Hall–Kier alpha value is -3.32. The zero-order valence-electron chi connectivity index (χ0n) is 21.3. The molecule has 1 amide bonds. The Bertz CT molecular complexity index is 1140. The molecule has 186 valence electrons. The van der Waals surface area contributed by atoms with Gasteiger partial charge in [-0.15, -0.1) is 0 Å². The summed E-state index contributed by atoms with van der Waals surface area (Å²) in [4.78, 5) is 15.3. The van der Waals surface area contributed by atoms with E-state index in [4.69, 9.17) is 14.0 Å². The number of rotatable bonds is 8. The highest BCUT2D eigenvalue weighted by atomic mass is 16.6. The van der Waals surface area contributed by atoms with E-state index in [1.165, 1.54) is 11.1 Å². The Labute approximate surface area is 207 Å². The lowest BCUT2D eigenvalue weighted by molar-refractivity contribution is 0.0926. The van der Waals surface area contributed by atoms with E-state index in [2.05, 4.69) is 74.3 Å². The van der Waals surface area contributed by atoms with E-state index in [1.54, 1.807) is 6.07 Å². The molecular weight excluding hydrogens is 442 g/mol. The molecule has 0 bridgehead atoms. The Morgan fingerprint density at radius 2 is 1.69 bits per heavy atom. The maximum absolute atomic E-state index is 12.9. The first-order chi connectivity index (χ1) is 16.8. The molecule has 0 saturated heterocycles. The van der Waals surface area contributed by atoms with Gasteiger partial charge in [-0.25, -0.2) is 0 Å². The number of hydrogen-bond donors (Lipinski definition) is 1. The molecule has 1 aliphatic rings. The van der Waals surface area contributed by atoms with Gasteiger partial charge in [0.05, 0.1) is 6.04 Å². The highest BCUT2D eigenvalue weighted by molar-refractivity contribution is 5.93. The van der Waals surface area contributed by atoms with Gasteiger partial charge < -0.3 is 19.3 Å². The third-order valence-corrected chi connectivity index (χ3v) is 6.44. The van der Waals surface area contributed by atoms with Crippen molar-refractivity contribution in [2.45, 2.75) is 46.1 Å². The maximum atomic E-state index is 12.9. The second-order valence-corrected chi connectivity index (χ2v) is 9.75. The first kappa shape index (κ1) is 24.8. The third kappa shape index (κ3) is 5.68. The topological polar surface area (TPSA) is 76.8 Å². The Balaban J connectivity index is 1.47. The van der Waals surface area contributed by atoms with Gasteiger partial charge in [-0.2, -0.15) is 0 Å². The number of fused-ring (bicyclic) bond motifs is 1. The molecule has 0 radical (unpaired) electrons. The molecule has 1 aliphatic heterocycles. The van der Waals surface area contributed by atoms with E-state index in [9.17, 15) is 4.79 Å². The van der Waals surface area contributed by atoms with Crippen LogP contribution in [0.4, 0.5) is 0 Å². The fraction of sp³-hybridized carbons (Fsp3) is 0.429. The van der Waals surface area contributed by atoms with Crippen LogP contribution in [0.25, 0.3) is 11.3 Å². The summed E-state index contributed by atoms with van der Waals surface area (Å²) in [6.45, 7) is 14.2. The number of likely N-dealkylation sites (N-methyl/N-ethyl adjacent to an activating group) is 1. The first-order valence-electron chi connectivity index (χ1n) is 12.3. The van der Waals surface area contributed by atoms with Crippen LogP contribution in [0.3, 0.4) is 0 Å². The predicted molar refractivity (Wildman–Crippen MR) is 136 cm³/mol. The largest absolute Gasteiger partial charge is 0.486 e. The predicted octanol–water partition coefficient (Wildman–Crippen LogP) is 5.22. The lowest BCUT2D eigenvalue weighted by atomic mass is 9.86. The SMILES string of the molecule is CCN(CC)C(CNC(=O)c1cc(-c2ccc3c(c2)OCCO3)on1)c1ccc(C(C)(C)C)cc1. The van der Waals surface area contributed by atoms with Gasteiger partial charge in [0.2, 0.25) is 0 Å². The number of carbonyl (C=O) groups is 1. The van der Waals surface area contributed by atoms with Crippen molar-refractivity contribution in [2.75, 3.05) is 32.8 Å². The fourth-order valence-corrected chi connectivity index (χ4v) is 4.32. The van der Waals surface area contributed by atoms with E-state index in [1.807, 2.05) is 18.2 Å². The number of carbonyl (C=O) groups excluding carboxylic acids is 1. The van der Waals surface area contributed by atoms with Crippen LogP contribution in [0.1, 0.15) is 62.3 Å². The molecule has 0 fully saturated rings. The van der Waals surface area contributed by atoms with Crippen molar-refractivity contribution in [2.24, 2.45) is 0 Å². The number of benzene rings is 2. The van der Waals surface area contributed by atoms with Crippen LogP contribution in [0, 0.1) is 0 Å². The van der Waals surface area contributed by atoms with Crippen molar-refractivity contribution < 1.29 is 18.8 Å². The molecule has 3 aromatic rings. The molecule has 0 saturated carbocycles. The molecule has 4 rings (SSSR count). The Kier molecular flexibility index (Phi) is 7.45. The fourth-order valence-electron chi connectivity index (χ4n) is 4.32. The summed E-state index contributed by atoms with van der Waals surface area (Å²) in [7, 11) is 0. The van der Waals surface area contributed by atoms with Gasteiger partial charge >= 0.3 is 0 Å². The summed E-state index contributed by atoms with van der Waals surface area (Å²) in [5.41, 5.74) is 3.59. The van der Waals surface area contributed by atoms with Gasteiger partial charge in [0.15, 0.2) is 23.0 Å². The summed E-state index contributed by atoms with van der Waals surface area (Å²) < 4.78 is 16.7. The standard InChI is InChI=1S/C28H35N3O4/c1-6-31(7-2)23(19-8-11-21(12-9-19)28(3,4)5)18-29-27(32)22-17-25(35-30-22)20-10-13-24-26(16-20)34-15-14-33-24/h8-13,16-17,23H,6-7,14-15,18H2,1-5H3,(H,29,32). The number of ether oxygens (including phenoxy) is 2. The van der Waals surface area contributed by atoms with Crippen molar-refractivity contribution >= 4 is 5.91 Å². The van der Waals surface area contributed by atoms with E-state index in [-0.39, 0.29) is 23.1 Å². The maximum Gasteiger partial charge on any atom is 0.273 e. The van der Waals surface area contributed by atoms with Crippen LogP contribution in [-0.4, -0.2) is 48.8 Å². The lowest BCUT2D eigenvalue weighted by Gasteiger charge is -2.31. The molecule has 1 N–H and O–H groups in total. The average molecular weight is 478 g/mol. The van der Waals surface area contributed by atoms with E-state index in [0.29, 0.717) is 37.0 Å². The highest BCUT2D eigenvalue weighted by Crippen LogP contribution is 2.34. The van der Waals surface area contributed by atoms with Crippen LogP contribution in [0.2, 0.25) is 0 Å². The second kappa shape index (κ2) is 10.5. The van der Waals surface area contributed by atoms with E-state index < -0.39 is 0 Å². The molecular formula is C28H35N3O4. The van der Waals surface area contributed by atoms with Gasteiger partial charge in [-0.05, 0) is 47.8 Å². The summed E-state index contributed by atoms with van der Waals surface area (Å²) in [6.07, 6.45) is 0. The molecule has 2 aromatic carbocycles. The molecule has 7 heteroatoms. The smallest absolute Gasteiger partial charge is 0.273 e. The van der Waals surface area contributed by atoms with Gasteiger partial charge in [-0.3, -0.25) is 9.69 Å². The second-order valence-electron chi connectivity index (χ2n) is 9.75. The molecule has 2 heterocycles. The van der Waals surface area contributed by atoms with E-state index in [0.717, 1.165) is 18.7 Å². The number of hydrogen-bond acceptors (Lipinski definition) is 6. The van der Waals surface area contributed by atoms with Crippen molar-refractivity contribution in [1.29, 1.82) is 0 Å². The Morgan fingerprint density at radius 1 is 1.00 bits per heavy atom. The zero-order chi connectivity index (χ0) is 25.0. The lowest BCUT2D eigenvalue weighted by Crippen LogP contribution is -2.38. The van der Waals surface area contributed by atoms with Crippen LogP contribution < -0.4 is 14.8 Å². The Morgan fingerprint density at radius 3 is 2.34 bits per heavy atom. The van der Waals surface area contributed by atoms with Gasteiger partial charge in [0.25, 0.3) is 5.91 Å². The third-order valence-electron chi connectivity index (χ3n) is 6.44. The quantitative estimate of drug-likeness (QED) is 0.479. The number of nitrogens with one attached hydrogen (secondary N) is 1. The minimum atomic E-state index is -0.263. The number of aromatic nitrogens is 1. The molecule has 0 spiro atoms. The minimum absolute atomic E-state index is 0.0622. The van der Waals surface area contributed by atoms with Crippen molar-refractivity contribution in [3.8, 4) is 22.8 Å². The van der Waals surface area contributed by atoms with Gasteiger partial charge in [0, 0.05) is 18.2 Å². The van der Waals surface area contributed by atoms with Gasteiger partial charge in [0.1, 0.15) is 13.2 Å². The molecule has 7 nitrogen and oxygen atoms in total. The summed E-state index contributed by atoms with van der Waals surface area (Å²) in [6, 6.07) is 16.0.